The van der Waals surface area contributed by atoms with Gasteiger partial charge in [0.2, 0.25) is 0 Å². The van der Waals surface area contributed by atoms with Crippen LogP contribution in [0.2, 0.25) is 0 Å². The number of ether oxygens (including phenoxy) is 2. The van der Waals surface area contributed by atoms with Crippen LogP contribution < -0.4 is 9.47 Å². The Balaban J connectivity index is 3.04. The number of hydrogen-bond donors (Lipinski definition) is 1. The van der Waals surface area contributed by atoms with Crippen LogP contribution in [0.3, 0.4) is 0 Å². The highest BCUT2D eigenvalue weighted by Gasteiger charge is 2.15. The average molecular weight is 299 g/mol. The van der Waals surface area contributed by atoms with Gasteiger partial charge in [0.15, 0.2) is 11.5 Å². The molecule has 4 heteroatoms. The lowest BCUT2D eigenvalue weighted by molar-refractivity contribution is 0.168. The van der Waals surface area contributed by atoms with E-state index >= 15 is 0 Å². The largest absolute Gasteiger partial charge is 0.493 e. The lowest BCUT2D eigenvalue weighted by Crippen LogP contribution is -2.00. The average Bonchev–Trinajstić information content (AvgIpc) is 2.35. The summed E-state index contributed by atoms with van der Waals surface area (Å²) in [6.07, 6.45) is 5.61. The van der Waals surface area contributed by atoms with E-state index in [2.05, 4.69) is 21.9 Å². The van der Waals surface area contributed by atoms with Crippen molar-refractivity contribution in [2.24, 2.45) is 0 Å². The SMILES string of the molecule is C#CCCC(O)c1cc(OC)c(OC)cc1Br. The van der Waals surface area contributed by atoms with Crippen molar-refractivity contribution in [2.75, 3.05) is 14.2 Å². The van der Waals surface area contributed by atoms with Gasteiger partial charge in [-0.25, -0.2) is 0 Å². The van der Waals surface area contributed by atoms with E-state index in [1.54, 1.807) is 26.4 Å². The van der Waals surface area contributed by atoms with Gasteiger partial charge >= 0.3 is 0 Å². The predicted octanol–water partition coefficient (Wildman–Crippen LogP) is 2.91. The Morgan fingerprint density at radius 1 is 1.35 bits per heavy atom. The van der Waals surface area contributed by atoms with Crippen molar-refractivity contribution in [1.29, 1.82) is 0 Å². The summed E-state index contributed by atoms with van der Waals surface area (Å²) in [6, 6.07) is 3.53. The zero-order chi connectivity index (χ0) is 12.8. The molecule has 0 saturated carbocycles. The highest BCUT2D eigenvalue weighted by molar-refractivity contribution is 9.10. The van der Waals surface area contributed by atoms with Gasteiger partial charge in [0, 0.05) is 10.9 Å². The first-order valence-electron chi connectivity index (χ1n) is 5.17. The molecule has 0 heterocycles. The zero-order valence-corrected chi connectivity index (χ0v) is 11.5. The molecule has 1 rings (SSSR count). The van der Waals surface area contributed by atoms with Gasteiger partial charge in [-0.15, -0.1) is 12.3 Å². The minimum absolute atomic E-state index is 0.518. The monoisotopic (exact) mass is 298 g/mol. The van der Waals surface area contributed by atoms with Gasteiger partial charge in [-0.3, -0.25) is 0 Å². The van der Waals surface area contributed by atoms with Gasteiger partial charge in [0.25, 0.3) is 0 Å². The summed E-state index contributed by atoms with van der Waals surface area (Å²) in [4.78, 5) is 0. The summed E-state index contributed by atoms with van der Waals surface area (Å²) < 4.78 is 11.1. The lowest BCUT2D eigenvalue weighted by Gasteiger charge is -2.15. The fourth-order valence-corrected chi connectivity index (χ4v) is 2.09. The van der Waals surface area contributed by atoms with Crippen LogP contribution in [0, 0.1) is 12.3 Å². The molecule has 1 unspecified atom stereocenters. The van der Waals surface area contributed by atoms with Gasteiger partial charge in [-0.05, 0) is 24.1 Å². The standard InChI is InChI=1S/C13H15BrO3/c1-4-5-6-11(15)9-7-12(16-2)13(17-3)8-10(9)14/h1,7-8,11,15H,5-6H2,2-3H3. The summed E-state index contributed by atoms with van der Waals surface area (Å²) in [6.45, 7) is 0. The zero-order valence-electron chi connectivity index (χ0n) is 9.87. The molecule has 1 atom stereocenters. The van der Waals surface area contributed by atoms with Crippen molar-refractivity contribution >= 4 is 15.9 Å². The fourth-order valence-electron chi connectivity index (χ4n) is 1.50. The third kappa shape index (κ3) is 3.39. The van der Waals surface area contributed by atoms with Crippen molar-refractivity contribution in [2.45, 2.75) is 18.9 Å². The van der Waals surface area contributed by atoms with Gasteiger partial charge in [0.1, 0.15) is 0 Å². The Labute approximate surface area is 110 Å². The molecule has 0 aliphatic carbocycles. The molecule has 3 nitrogen and oxygen atoms in total. The maximum atomic E-state index is 9.99. The molecular formula is C13H15BrO3. The Kier molecular flexibility index (Phi) is 5.33. The van der Waals surface area contributed by atoms with Crippen LogP contribution in [0.5, 0.6) is 11.5 Å². The summed E-state index contributed by atoms with van der Waals surface area (Å²) in [5.41, 5.74) is 0.748. The minimum Gasteiger partial charge on any atom is -0.493 e. The van der Waals surface area contributed by atoms with E-state index in [4.69, 9.17) is 15.9 Å². The number of benzene rings is 1. The van der Waals surface area contributed by atoms with Crippen LogP contribution >= 0.6 is 15.9 Å². The Morgan fingerprint density at radius 3 is 2.47 bits per heavy atom. The van der Waals surface area contributed by atoms with Crippen LogP contribution in [-0.2, 0) is 0 Å². The van der Waals surface area contributed by atoms with E-state index in [0.29, 0.717) is 24.3 Å². The number of halogens is 1. The molecule has 92 valence electrons. The first kappa shape index (κ1) is 13.9. The molecule has 0 radical (unpaired) electrons. The van der Waals surface area contributed by atoms with Crippen LogP contribution in [0.25, 0.3) is 0 Å². The summed E-state index contributed by atoms with van der Waals surface area (Å²) in [5, 5.41) is 9.99. The molecule has 0 aliphatic rings. The van der Waals surface area contributed by atoms with Crippen molar-refractivity contribution in [3.05, 3.63) is 22.2 Å². The van der Waals surface area contributed by atoms with Gasteiger partial charge < -0.3 is 14.6 Å². The molecule has 17 heavy (non-hydrogen) atoms. The van der Waals surface area contributed by atoms with Crippen LogP contribution in [-0.4, -0.2) is 19.3 Å². The fraction of sp³-hybridized carbons (Fsp3) is 0.385. The topological polar surface area (TPSA) is 38.7 Å². The molecule has 0 amide bonds. The maximum Gasteiger partial charge on any atom is 0.161 e. The first-order chi connectivity index (χ1) is 8.13. The van der Waals surface area contributed by atoms with E-state index in [0.717, 1.165) is 10.0 Å². The number of methoxy groups -OCH3 is 2. The van der Waals surface area contributed by atoms with E-state index in [1.165, 1.54) is 0 Å². The number of terminal acetylenes is 1. The molecule has 0 fully saturated rings. The lowest BCUT2D eigenvalue weighted by atomic mass is 10.0. The number of aliphatic hydroxyl groups is 1. The quantitative estimate of drug-likeness (QED) is 0.850. The third-order valence-electron chi connectivity index (χ3n) is 2.42. The first-order valence-corrected chi connectivity index (χ1v) is 5.96. The Bertz CT molecular complexity index is 423. The summed E-state index contributed by atoms with van der Waals surface area (Å²) in [5.74, 6) is 3.71. The summed E-state index contributed by atoms with van der Waals surface area (Å²) in [7, 11) is 3.13. The normalized spacial score (nSPS) is 11.7. The molecule has 1 aromatic carbocycles. The molecular weight excluding hydrogens is 284 g/mol. The molecule has 1 aromatic rings. The highest BCUT2D eigenvalue weighted by Crippen LogP contribution is 2.36. The molecule has 0 aromatic heterocycles. The van der Waals surface area contributed by atoms with Crippen LogP contribution in [0.15, 0.2) is 16.6 Å². The Hall–Kier alpha value is -1.18. The maximum absolute atomic E-state index is 9.99. The summed E-state index contributed by atoms with van der Waals surface area (Å²) >= 11 is 3.40. The van der Waals surface area contributed by atoms with Crippen molar-refractivity contribution in [3.8, 4) is 23.8 Å². The molecule has 1 N–H and O–H groups in total. The second kappa shape index (κ2) is 6.53. The predicted molar refractivity (Wildman–Crippen MR) is 70.3 cm³/mol. The smallest absolute Gasteiger partial charge is 0.161 e. The van der Waals surface area contributed by atoms with E-state index < -0.39 is 6.10 Å². The number of hydrogen-bond acceptors (Lipinski definition) is 3. The Morgan fingerprint density at radius 2 is 1.94 bits per heavy atom. The van der Waals surface area contributed by atoms with Gasteiger partial charge in [-0.2, -0.15) is 0 Å². The molecule has 0 spiro atoms. The van der Waals surface area contributed by atoms with Crippen LogP contribution in [0.4, 0.5) is 0 Å². The van der Waals surface area contributed by atoms with Crippen molar-refractivity contribution < 1.29 is 14.6 Å². The second-order valence-corrected chi connectivity index (χ2v) is 4.34. The number of aliphatic hydroxyl groups excluding tert-OH is 1. The molecule has 0 saturated heterocycles. The van der Waals surface area contributed by atoms with E-state index in [1.807, 2.05) is 0 Å². The third-order valence-corrected chi connectivity index (χ3v) is 3.11. The molecule has 0 bridgehead atoms. The van der Waals surface area contributed by atoms with E-state index in [-0.39, 0.29) is 0 Å². The second-order valence-electron chi connectivity index (χ2n) is 3.49. The van der Waals surface area contributed by atoms with Crippen molar-refractivity contribution in [1.82, 2.24) is 0 Å². The minimum atomic E-state index is -0.611. The van der Waals surface area contributed by atoms with E-state index in [9.17, 15) is 5.11 Å². The van der Waals surface area contributed by atoms with Crippen molar-refractivity contribution in [3.63, 3.8) is 0 Å². The molecule has 0 aliphatic heterocycles. The van der Waals surface area contributed by atoms with Gasteiger partial charge in [-0.1, -0.05) is 15.9 Å². The van der Waals surface area contributed by atoms with Gasteiger partial charge in [0.05, 0.1) is 20.3 Å². The highest BCUT2D eigenvalue weighted by atomic mass is 79.9. The number of rotatable bonds is 5. The van der Waals surface area contributed by atoms with Crippen LogP contribution in [0.1, 0.15) is 24.5 Å².